The molecule has 40 heavy (non-hydrogen) atoms. The predicted octanol–water partition coefficient (Wildman–Crippen LogP) is 5.26. The summed E-state index contributed by atoms with van der Waals surface area (Å²) in [4.78, 5) is 12.0. The fraction of sp³-hybridized carbons (Fsp3) is 0.581. The number of ether oxygens (including phenoxy) is 4. The minimum atomic E-state index is -2.56. The van der Waals surface area contributed by atoms with Crippen LogP contribution in [0.5, 0.6) is 11.5 Å². The standard InChI is InChI=1S/C31H46O8Si/c1-19(2)40(20(3)4,21(5)6)39-31-29(36-18-23-12-10-9-11-13-23)26(33)28(37-22(7)32)27(34)30(31)38-25-16-14-24(35-8)15-17-25/h9-17,19-21,26-31,33-34H,18H2,1-8H3/t26-,27-,28+,29-,30+,31+/m0/s1. The molecular formula is C31H46O8Si. The minimum absolute atomic E-state index is 0.195. The third kappa shape index (κ3) is 7.06. The zero-order chi connectivity index (χ0) is 29.6. The summed E-state index contributed by atoms with van der Waals surface area (Å²) in [6.45, 7) is 14.5. The van der Waals surface area contributed by atoms with Crippen LogP contribution in [0, 0.1) is 0 Å². The van der Waals surface area contributed by atoms with E-state index in [2.05, 4.69) is 41.5 Å². The van der Waals surface area contributed by atoms with Crippen molar-refractivity contribution < 1.29 is 38.4 Å². The van der Waals surface area contributed by atoms with Gasteiger partial charge in [-0.3, -0.25) is 4.79 Å². The van der Waals surface area contributed by atoms with Gasteiger partial charge >= 0.3 is 5.97 Å². The second kappa shape index (κ2) is 14.0. The number of aliphatic hydroxyl groups is 2. The second-order valence-electron chi connectivity index (χ2n) is 11.5. The molecule has 0 bridgehead atoms. The highest BCUT2D eigenvalue weighted by Gasteiger charge is 2.58. The first-order valence-electron chi connectivity index (χ1n) is 14.1. The van der Waals surface area contributed by atoms with Gasteiger partial charge in [0.05, 0.1) is 13.7 Å². The first kappa shape index (κ1) is 32.1. The first-order chi connectivity index (χ1) is 18.9. The van der Waals surface area contributed by atoms with Gasteiger partial charge in [0.2, 0.25) is 8.32 Å². The molecule has 0 aromatic heterocycles. The van der Waals surface area contributed by atoms with E-state index < -0.39 is 50.9 Å². The molecule has 0 heterocycles. The molecule has 6 atom stereocenters. The Morgan fingerprint density at radius 1 is 0.775 bits per heavy atom. The van der Waals surface area contributed by atoms with E-state index in [9.17, 15) is 15.0 Å². The largest absolute Gasteiger partial charge is 0.497 e. The van der Waals surface area contributed by atoms with Crippen molar-refractivity contribution in [2.24, 2.45) is 0 Å². The summed E-state index contributed by atoms with van der Waals surface area (Å²) in [5, 5.41) is 23.2. The summed E-state index contributed by atoms with van der Waals surface area (Å²) in [7, 11) is -0.980. The van der Waals surface area contributed by atoms with Crippen LogP contribution in [-0.4, -0.2) is 68.2 Å². The van der Waals surface area contributed by atoms with Crippen LogP contribution in [0.25, 0.3) is 0 Å². The normalized spacial score (nSPS) is 25.3. The molecule has 0 saturated heterocycles. The second-order valence-corrected chi connectivity index (χ2v) is 16.9. The molecular weight excluding hydrogens is 528 g/mol. The quantitative estimate of drug-likeness (QED) is 0.262. The van der Waals surface area contributed by atoms with Gasteiger partial charge in [-0.2, -0.15) is 0 Å². The van der Waals surface area contributed by atoms with Crippen molar-refractivity contribution in [1.82, 2.24) is 0 Å². The van der Waals surface area contributed by atoms with Gasteiger partial charge in [-0.15, -0.1) is 0 Å². The van der Waals surface area contributed by atoms with Gasteiger partial charge in [0.1, 0.15) is 35.9 Å². The molecule has 8 nitrogen and oxygen atoms in total. The molecule has 3 rings (SSSR count). The zero-order valence-corrected chi connectivity index (χ0v) is 25.9. The number of carbonyl (C=O) groups excluding carboxylic acids is 1. The Kier molecular flexibility index (Phi) is 11.2. The average molecular weight is 575 g/mol. The van der Waals surface area contributed by atoms with Crippen molar-refractivity contribution in [2.75, 3.05) is 7.11 Å². The highest BCUT2D eigenvalue weighted by molar-refractivity contribution is 6.77. The van der Waals surface area contributed by atoms with E-state index in [0.29, 0.717) is 11.5 Å². The van der Waals surface area contributed by atoms with Gasteiger partial charge in [-0.25, -0.2) is 0 Å². The summed E-state index contributed by atoms with van der Waals surface area (Å²) in [6.07, 6.45) is -6.78. The lowest BCUT2D eigenvalue weighted by Crippen LogP contribution is -2.69. The summed E-state index contributed by atoms with van der Waals surface area (Å²) >= 11 is 0. The fourth-order valence-corrected chi connectivity index (χ4v) is 11.7. The molecule has 0 unspecified atom stereocenters. The summed E-state index contributed by atoms with van der Waals surface area (Å²) in [5.41, 5.74) is 1.59. The number of methoxy groups -OCH3 is 1. The fourth-order valence-electron chi connectivity index (χ4n) is 6.17. The molecule has 2 aromatic rings. The number of benzene rings is 2. The maximum Gasteiger partial charge on any atom is 0.303 e. The number of hydrogen-bond donors (Lipinski definition) is 2. The predicted molar refractivity (Wildman–Crippen MR) is 156 cm³/mol. The lowest BCUT2D eigenvalue weighted by Gasteiger charge is -2.52. The molecule has 0 radical (unpaired) electrons. The topological polar surface area (TPSA) is 104 Å². The number of rotatable bonds is 12. The zero-order valence-electron chi connectivity index (χ0n) is 24.9. The number of carbonyl (C=O) groups is 1. The molecule has 1 aliphatic rings. The van der Waals surface area contributed by atoms with E-state index in [-0.39, 0.29) is 23.2 Å². The Balaban J connectivity index is 2.11. The summed E-state index contributed by atoms with van der Waals surface area (Å²) in [5.74, 6) is 0.513. The maximum atomic E-state index is 12.0. The van der Waals surface area contributed by atoms with Crippen LogP contribution in [-0.2, 0) is 25.3 Å². The SMILES string of the molecule is COc1ccc(O[C@@H]2[C@@H](O)[C@H](OC(C)=O)[C@H](O)[C@H](OCc3ccccc3)[C@H]2O[Si](C(C)C)(C(C)C)C(C)C)cc1. The summed E-state index contributed by atoms with van der Waals surface area (Å²) < 4.78 is 30.7. The Morgan fingerprint density at radius 3 is 1.80 bits per heavy atom. The molecule has 2 aromatic carbocycles. The van der Waals surface area contributed by atoms with E-state index in [4.69, 9.17) is 23.4 Å². The third-order valence-electron chi connectivity index (χ3n) is 7.96. The number of hydrogen-bond acceptors (Lipinski definition) is 8. The molecule has 1 fully saturated rings. The average Bonchev–Trinajstić information content (AvgIpc) is 2.91. The minimum Gasteiger partial charge on any atom is -0.497 e. The highest BCUT2D eigenvalue weighted by atomic mass is 28.4. The van der Waals surface area contributed by atoms with Crippen molar-refractivity contribution in [3.63, 3.8) is 0 Å². The molecule has 0 amide bonds. The summed E-state index contributed by atoms with van der Waals surface area (Å²) in [6, 6.07) is 16.6. The molecule has 222 valence electrons. The highest BCUT2D eigenvalue weighted by Crippen LogP contribution is 2.45. The van der Waals surface area contributed by atoms with Crippen LogP contribution in [0.1, 0.15) is 54.0 Å². The van der Waals surface area contributed by atoms with Gasteiger partial charge in [0.25, 0.3) is 0 Å². The molecule has 0 aliphatic heterocycles. The Hall–Kier alpha value is -2.43. The smallest absolute Gasteiger partial charge is 0.303 e. The lowest BCUT2D eigenvalue weighted by atomic mass is 9.84. The van der Waals surface area contributed by atoms with Crippen LogP contribution in [0.15, 0.2) is 54.6 Å². The Labute approximate surface area is 239 Å². The molecule has 2 N–H and O–H groups in total. The molecule has 1 aliphatic carbocycles. The van der Waals surface area contributed by atoms with Crippen LogP contribution < -0.4 is 9.47 Å². The van der Waals surface area contributed by atoms with E-state index in [1.807, 2.05) is 30.3 Å². The van der Waals surface area contributed by atoms with Gasteiger partial charge in [-0.05, 0) is 46.5 Å². The molecule has 1 saturated carbocycles. The number of esters is 1. The van der Waals surface area contributed by atoms with E-state index in [1.54, 1.807) is 31.4 Å². The molecule has 9 heteroatoms. The van der Waals surface area contributed by atoms with Crippen LogP contribution >= 0.6 is 0 Å². The number of aliphatic hydroxyl groups excluding tert-OH is 2. The Bertz CT molecular complexity index is 1040. The van der Waals surface area contributed by atoms with Gasteiger partial charge in [0.15, 0.2) is 12.2 Å². The Morgan fingerprint density at radius 2 is 1.30 bits per heavy atom. The van der Waals surface area contributed by atoms with Crippen LogP contribution in [0.2, 0.25) is 16.6 Å². The van der Waals surface area contributed by atoms with E-state index in [0.717, 1.165) is 5.56 Å². The molecule has 0 spiro atoms. The van der Waals surface area contributed by atoms with Crippen LogP contribution in [0.4, 0.5) is 0 Å². The van der Waals surface area contributed by atoms with Crippen LogP contribution in [0.3, 0.4) is 0 Å². The van der Waals surface area contributed by atoms with Crippen molar-refractivity contribution in [3.8, 4) is 11.5 Å². The van der Waals surface area contributed by atoms with Crippen molar-refractivity contribution in [2.45, 2.75) is 108 Å². The lowest BCUT2D eigenvalue weighted by molar-refractivity contribution is -0.237. The monoisotopic (exact) mass is 574 g/mol. The van der Waals surface area contributed by atoms with E-state index in [1.165, 1.54) is 6.92 Å². The van der Waals surface area contributed by atoms with E-state index >= 15 is 0 Å². The van der Waals surface area contributed by atoms with Gasteiger partial charge in [0, 0.05) is 6.92 Å². The maximum absolute atomic E-state index is 12.0. The third-order valence-corrected chi connectivity index (χ3v) is 14.1. The van der Waals surface area contributed by atoms with Crippen molar-refractivity contribution >= 4 is 14.3 Å². The first-order valence-corrected chi connectivity index (χ1v) is 16.2. The van der Waals surface area contributed by atoms with Gasteiger partial charge < -0.3 is 33.6 Å². The van der Waals surface area contributed by atoms with Gasteiger partial charge in [-0.1, -0.05) is 71.9 Å². The van der Waals surface area contributed by atoms with Crippen molar-refractivity contribution in [3.05, 3.63) is 60.2 Å². The van der Waals surface area contributed by atoms with Crippen molar-refractivity contribution in [1.29, 1.82) is 0 Å².